The zero-order valence-corrected chi connectivity index (χ0v) is 17.7. The maximum atomic E-state index is 12.6. The van der Waals surface area contributed by atoms with Gasteiger partial charge in [-0.05, 0) is 44.0 Å². The van der Waals surface area contributed by atoms with E-state index in [1.165, 1.54) is 37.9 Å². The average molecular weight is 425 g/mol. The standard InChI is InChI=1S/C22H24N4O3S/c1-15(27)17-10-5-6-11-18(17)23-20(28)14-30-22-25-24-21(19-12-7-13-29-19)26(22)16-8-3-2-4-9-16/h5-7,10-13,16H,2-4,8-9,14H2,1H3,(H,23,28). The number of para-hydroxylation sites is 1. The highest BCUT2D eigenvalue weighted by Gasteiger charge is 2.25. The second kappa shape index (κ2) is 9.30. The van der Waals surface area contributed by atoms with Crippen LogP contribution in [0.5, 0.6) is 0 Å². The number of nitrogens with zero attached hydrogens (tertiary/aromatic N) is 3. The van der Waals surface area contributed by atoms with Crippen molar-refractivity contribution in [2.24, 2.45) is 0 Å². The number of anilines is 1. The highest BCUT2D eigenvalue weighted by Crippen LogP contribution is 2.35. The summed E-state index contributed by atoms with van der Waals surface area (Å²) in [7, 11) is 0. The first-order valence-electron chi connectivity index (χ1n) is 10.1. The van der Waals surface area contributed by atoms with E-state index in [4.69, 9.17) is 4.42 Å². The van der Waals surface area contributed by atoms with Crippen molar-refractivity contribution >= 4 is 29.1 Å². The minimum Gasteiger partial charge on any atom is -0.461 e. The molecule has 0 unspecified atom stereocenters. The van der Waals surface area contributed by atoms with Gasteiger partial charge in [-0.15, -0.1) is 10.2 Å². The molecule has 2 aromatic heterocycles. The van der Waals surface area contributed by atoms with E-state index in [-0.39, 0.29) is 17.4 Å². The van der Waals surface area contributed by atoms with Gasteiger partial charge in [-0.1, -0.05) is 43.2 Å². The third-order valence-corrected chi connectivity index (χ3v) is 6.20. The molecule has 2 heterocycles. The second-order valence-corrected chi connectivity index (χ2v) is 8.33. The molecule has 1 aromatic carbocycles. The van der Waals surface area contributed by atoms with Crippen LogP contribution in [0.4, 0.5) is 5.69 Å². The molecule has 1 N–H and O–H groups in total. The summed E-state index contributed by atoms with van der Waals surface area (Å²) >= 11 is 1.35. The van der Waals surface area contributed by atoms with Crippen LogP contribution in [-0.2, 0) is 4.79 Å². The molecule has 0 saturated heterocycles. The molecule has 3 aromatic rings. The van der Waals surface area contributed by atoms with Crippen molar-refractivity contribution in [3.8, 4) is 11.6 Å². The Morgan fingerprint density at radius 3 is 2.67 bits per heavy atom. The molecule has 0 atom stereocenters. The fourth-order valence-electron chi connectivity index (χ4n) is 3.83. The summed E-state index contributed by atoms with van der Waals surface area (Å²) in [4.78, 5) is 24.3. The Balaban J connectivity index is 1.51. The number of rotatable bonds is 7. The van der Waals surface area contributed by atoms with E-state index < -0.39 is 0 Å². The van der Waals surface area contributed by atoms with Crippen molar-refractivity contribution in [2.75, 3.05) is 11.1 Å². The SMILES string of the molecule is CC(=O)c1ccccc1NC(=O)CSc1nnc(-c2ccco2)n1C1CCCCC1. The summed E-state index contributed by atoms with van der Waals surface area (Å²) in [6, 6.07) is 11.0. The van der Waals surface area contributed by atoms with Gasteiger partial charge in [0.2, 0.25) is 11.7 Å². The number of hydrogen-bond acceptors (Lipinski definition) is 6. The van der Waals surface area contributed by atoms with E-state index in [1.807, 2.05) is 12.1 Å². The van der Waals surface area contributed by atoms with Gasteiger partial charge < -0.3 is 9.73 Å². The molecule has 1 aliphatic rings. The first kappa shape index (κ1) is 20.4. The highest BCUT2D eigenvalue weighted by molar-refractivity contribution is 7.99. The number of carbonyl (C=O) groups is 2. The van der Waals surface area contributed by atoms with Gasteiger partial charge in [-0.25, -0.2) is 0 Å². The van der Waals surface area contributed by atoms with Crippen LogP contribution in [0.3, 0.4) is 0 Å². The summed E-state index contributed by atoms with van der Waals surface area (Å²) in [6.07, 6.45) is 7.35. The fraction of sp³-hybridized carbons (Fsp3) is 0.364. The molecule has 8 heteroatoms. The van der Waals surface area contributed by atoms with Gasteiger partial charge in [0.15, 0.2) is 16.7 Å². The van der Waals surface area contributed by atoms with Crippen LogP contribution in [0.1, 0.15) is 55.4 Å². The van der Waals surface area contributed by atoms with Crippen molar-refractivity contribution in [1.82, 2.24) is 14.8 Å². The Labute approximate surface area is 179 Å². The number of nitrogens with one attached hydrogen (secondary N) is 1. The number of hydrogen-bond donors (Lipinski definition) is 1. The van der Waals surface area contributed by atoms with Crippen molar-refractivity contribution in [3.05, 3.63) is 48.2 Å². The maximum Gasteiger partial charge on any atom is 0.234 e. The number of carbonyl (C=O) groups excluding carboxylic acids is 2. The zero-order valence-electron chi connectivity index (χ0n) is 16.8. The van der Waals surface area contributed by atoms with Crippen LogP contribution in [0.15, 0.2) is 52.2 Å². The zero-order chi connectivity index (χ0) is 20.9. The summed E-state index contributed by atoms with van der Waals surface area (Å²) in [5.74, 6) is 1.29. The van der Waals surface area contributed by atoms with Gasteiger partial charge in [0.05, 0.1) is 17.7 Å². The average Bonchev–Trinajstić information content (AvgIpc) is 3.43. The molecule has 156 valence electrons. The molecule has 30 heavy (non-hydrogen) atoms. The number of Topliss-reactive ketones (excluding diaryl/α,β-unsaturated/α-hetero) is 1. The molecule has 1 aliphatic carbocycles. The topological polar surface area (TPSA) is 90.0 Å². The minimum absolute atomic E-state index is 0.0846. The molecular weight excluding hydrogens is 400 g/mol. The van der Waals surface area contributed by atoms with E-state index in [0.29, 0.717) is 34.0 Å². The molecule has 1 saturated carbocycles. The van der Waals surface area contributed by atoms with Gasteiger partial charge in [-0.3, -0.25) is 14.2 Å². The lowest BCUT2D eigenvalue weighted by Gasteiger charge is -2.25. The van der Waals surface area contributed by atoms with Crippen LogP contribution in [0, 0.1) is 0 Å². The van der Waals surface area contributed by atoms with Gasteiger partial charge in [-0.2, -0.15) is 0 Å². The minimum atomic E-state index is -0.188. The summed E-state index contributed by atoms with van der Waals surface area (Å²) < 4.78 is 7.69. The number of ketones is 1. The second-order valence-electron chi connectivity index (χ2n) is 7.38. The van der Waals surface area contributed by atoms with Gasteiger partial charge in [0.1, 0.15) is 0 Å². The summed E-state index contributed by atoms with van der Waals surface area (Å²) in [5.41, 5.74) is 1.03. The molecule has 7 nitrogen and oxygen atoms in total. The van der Waals surface area contributed by atoms with Crippen LogP contribution in [-0.4, -0.2) is 32.2 Å². The number of amides is 1. The van der Waals surface area contributed by atoms with E-state index in [9.17, 15) is 9.59 Å². The lowest BCUT2D eigenvalue weighted by Crippen LogP contribution is -2.18. The Kier molecular flexibility index (Phi) is 6.32. The molecule has 0 spiro atoms. The molecule has 0 aliphatic heterocycles. The quantitative estimate of drug-likeness (QED) is 0.425. The van der Waals surface area contributed by atoms with Crippen molar-refractivity contribution in [1.29, 1.82) is 0 Å². The summed E-state index contributed by atoms with van der Waals surface area (Å²) in [6.45, 7) is 1.49. The van der Waals surface area contributed by atoms with Crippen molar-refractivity contribution in [3.63, 3.8) is 0 Å². The Morgan fingerprint density at radius 2 is 1.93 bits per heavy atom. The number of furan rings is 1. The lowest BCUT2D eigenvalue weighted by atomic mass is 9.95. The van der Waals surface area contributed by atoms with Crippen LogP contribution < -0.4 is 5.32 Å². The molecule has 0 radical (unpaired) electrons. The molecule has 1 amide bonds. The Morgan fingerprint density at radius 1 is 1.13 bits per heavy atom. The largest absolute Gasteiger partial charge is 0.461 e. The fourth-order valence-corrected chi connectivity index (χ4v) is 4.64. The Bertz CT molecular complexity index is 1020. The lowest BCUT2D eigenvalue weighted by molar-refractivity contribution is -0.113. The van der Waals surface area contributed by atoms with Gasteiger partial charge >= 0.3 is 0 Å². The van der Waals surface area contributed by atoms with E-state index in [2.05, 4.69) is 20.1 Å². The predicted molar refractivity (Wildman–Crippen MR) is 116 cm³/mol. The normalized spacial score (nSPS) is 14.6. The van der Waals surface area contributed by atoms with E-state index in [1.54, 1.807) is 30.5 Å². The number of aromatic nitrogens is 3. The molecule has 4 rings (SSSR count). The third kappa shape index (κ3) is 4.48. The maximum absolute atomic E-state index is 12.6. The number of thioether (sulfide) groups is 1. The van der Waals surface area contributed by atoms with E-state index >= 15 is 0 Å². The molecule has 1 fully saturated rings. The molecule has 0 bridgehead atoms. The summed E-state index contributed by atoms with van der Waals surface area (Å²) in [5, 5.41) is 12.3. The predicted octanol–water partition coefficient (Wildman–Crippen LogP) is 4.98. The van der Waals surface area contributed by atoms with Gasteiger partial charge in [0, 0.05) is 11.6 Å². The van der Waals surface area contributed by atoms with Crippen LogP contribution in [0.2, 0.25) is 0 Å². The van der Waals surface area contributed by atoms with Gasteiger partial charge in [0.25, 0.3) is 0 Å². The third-order valence-electron chi connectivity index (χ3n) is 5.26. The first-order valence-corrected chi connectivity index (χ1v) is 11.1. The van der Waals surface area contributed by atoms with Crippen LogP contribution >= 0.6 is 11.8 Å². The van der Waals surface area contributed by atoms with E-state index in [0.717, 1.165) is 12.8 Å². The monoisotopic (exact) mass is 424 g/mol. The Hall–Kier alpha value is -2.87. The van der Waals surface area contributed by atoms with Crippen molar-refractivity contribution < 1.29 is 14.0 Å². The number of benzene rings is 1. The first-order chi connectivity index (χ1) is 14.6. The highest BCUT2D eigenvalue weighted by atomic mass is 32.2. The molecular formula is C22H24N4O3S. The van der Waals surface area contributed by atoms with Crippen molar-refractivity contribution in [2.45, 2.75) is 50.2 Å². The van der Waals surface area contributed by atoms with Crippen LogP contribution in [0.25, 0.3) is 11.6 Å². The smallest absolute Gasteiger partial charge is 0.234 e.